The second kappa shape index (κ2) is 7.03. The molecule has 0 aliphatic heterocycles. The van der Waals surface area contributed by atoms with Crippen LogP contribution in [0.5, 0.6) is 0 Å². The Labute approximate surface area is 127 Å². The van der Waals surface area contributed by atoms with Gasteiger partial charge in [0.15, 0.2) is 0 Å². The molecule has 4 heteroatoms. The van der Waals surface area contributed by atoms with Gasteiger partial charge in [-0.2, -0.15) is 0 Å². The summed E-state index contributed by atoms with van der Waals surface area (Å²) < 4.78 is 13.4. The molecule has 1 aromatic carbocycles. The van der Waals surface area contributed by atoms with Crippen LogP contribution in [-0.2, 0) is 10.2 Å². The molecule has 1 atom stereocenters. The summed E-state index contributed by atoms with van der Waals surface area (Å²) in [5.74, 6) is 0.0478. The lowest BCUT2D eigenvalue weighted by atomic mass is 9.83. The van der Waals surface area contributed by atoms with Crippen LogP contribution in [0.15, 0.2) is 24.3 Å². The molecule has 1 unspecified atom stereocenters. The Hall–Kier alpha value is -1.42. The summed E-state index contributed by atoms with van der Waals surface area (Å²) in [6.45, 7) is 8.40. The van der Waals surface area contributed by atoms with Crippen LogP contribution in [0.25, 0.3) is 0 Å². The van der Waals surface area contributed by atoms with Gasteiger partial charge in [-0.15, -0.1) is 0 Å². The fourth-order valence-corrected chi connectivity index (χ4v) is 2.26. The molecule has 3 nitrogen and oxygen atoms in total. The summed E-state index contributed by atoms with van der Waals surface area (Å²) in [6.07, 6.45) is 0.763. The number of rotatable bonds is 6. The molecule has 0 aromatic heterocycles. The summed E-state index contributed by atoms with van der Waals surface area (Å²) in [5, 5.41) is 0. The Morgan fingerprint density at radius 3 is 2.52 bits per heavy atom. The fraction of sp³-hybridized carbons (Fsp3) is 0.588. The third kappa shape index (κ3) is 4.53. The number of benzene rings is 1. The van der Waals surface area contributed by atoms with E-state index in [9.17, 15) is 9.18 Å². The Morgan fingerprint density at radius 1 is 1.38 bits per heavy atom. The van der Waals surface area contributed by atoms with E-state index in [2.05, 4.69) is 13.8 Å². The van der Waals surface area contributed by atoms with E-state index in [1.165, 1.54) is 12.1 Å². The average Bonchev–Trinajstić information content (AvgIpc) is 2.43. The van der Waals surface area contributed by atoms with Crippen LogP contribution in [0.1, 0.15) is 39.7 Å². The molecule has 0 saturated carbocycles. The van der Waals surface area contributed by atoms with Crippen molar-refractivity contribution in [2.45, 2.75) is 45.6 Å². The van der Waals surface area contributed by atoms with Crippen molar-refractivity contribution in [2.24, 2.45) is 11.7 Å². The predicted octanol–water partition coefficient (Wildman–Crippen LogP) is 2.94. The number of hydrogen-bond acceptors (Lipinski definition) is 2. The zero-order valence-corrected chi connectivity index (χ0v) is 13.7. The van der Waals surface area contributed by atoms with Gasteiger partial charge in [-0.3, -0.25) is 4.79 Å². The summed E-state index contributed by atoms with van der Waals surface area (Å²) >= 11 is 0. The fourth-order valence-electron chi connectivity index (χ4n) is 2.26. The first-order valence-electron chi connectivity index (χ1n) is 7.43. The van der Waals surface area contributed by atoms with Crippen molar-refractivity contribution in [3.63, 3.8) is 0 Å². The molecule has 1 aromatic rings. The molecular formula is C17H27FN2O. The highest BCUT2D eigenvalue weighted by Crippen LogP contribution is 2.26. The molecule has 21 heavy (non-hydrogen) atoms. The van der Waals surface area contributed by atoms with Crippen molar-refractivity contribution in [2.75, 3.05) is 13.6 Å². The first-order chi connectivity index (χ1) is 9.66. The van der Waals surface area contributed by atoms with Crippen molar-refractivity contribution in [3.8, 4) is 0 Å². The smallest absolute Gasteiger partial charge is 0.232 e. The molecule has 0 bridgehead atoms. The van der Waals surface area contributed by atoms with Gasteiger partial charge in [0.05, 0.1) is 5.41 Å². The summed E-state index contributed by atoms with van der Waals surface area (Å²) in [7, 11) is 1.77. The van der Waals surface area contributed by atoms with Crippen LogP contribution >= 0.6 is 0 Å². The lowest BCUT2D eigenvalue weighted by molar-refractivity contribution is -0.135. The van der Waals surface area contributed by atoms with Crippen molar-refractivity contribution in [1.29, 1.82) is 0 Å². The second-order valence-electron chi connectivity index (χ2n) is 6.56. The lowest BCUT2D eigenvalue weighted by Crippen LogP contribution is -2.43. The minimum Gasteiger partial charge on any atom is -0.345 e. The minimum absolute atomic E-state index is 0.0240. The number of likely N-dealkylation sites (N-methyl/N-ethyl adjacent to an activating group) is 1. The van der Waals surface area contributed by atoms with E-state index in [0.717, 1.165) is 6.42 Å². The SMILES string of the molecule is CC(C)C(N)CCN(C)C(=O)C(C)(C)c1cccc(F)c1. The predicted molar refractivity (Wildman–Crippen MR) is 84.5 cm³/mol. The largest absolute Gasteiger partial charge is 0.345 e. The molecule has 0 fully saturated rings. The van der Waals surface area contributed by atoms with Crippen LogP contribution in [0.4, 0.5) is 4.39 Å². The molecule has 1 rings (SSSR count). The third-order valence-electron chi connectivity index (χ3n) is 4.08. The second-order valence-corrected chi connectivity index (χ2v) is 6.56. The third-order valence-corrected chi connectivity index (χ3v) is 4.08. The van der Waals surface area contributed by atoms with Crippen LogP contribution in [0, 0.1) is 11.7 Å². The molecule has 0 heterocycles. The number of nitrogens with zero attached hydrogens (tertiary/aromatic N) is 1. The minimum atomic E-state index is -0.751. The zero-order chi connectivity index (χ0) is 16.2. The Morgan fingerprint density at radius 2 is 2.00 bits per heavy atom. The van der Waals surface area contributed by atoms with Gasteiger partial charge in [-0.1, -0.05) is 26.0 Å². The first kappa shape index (κ1) is 17.6. The maximum absolute atomic E-state index is 13.4. The van der Waals surface area contributed by atoms with Gasteiger partial charge in [0.2, 0.25) is 5.91 Å². The number of carbonyl (C=O) groups excluding carboxylic acids is 1. The van der Waals surface area contributed by atoms with E-state index in [1.54, 1.807) is 24.1 Å². The van der Waals surface area contributed by atoms with E-state index in [0.29, 0.717) is 18.0 Å². The van der Waals surface area contributed by atoms with Gasteiger partial charge in [0.25, 0.3) is 0 Å². The van der Waals surface area contributed by atoms with E-state index in [1.807, 2.05) is 13.8 Å². The van der Waals surface area contributed by atoms with Gasteiger partial charge in [0.1, 0.15) is 5.82 Å². The average molecular weight is 294 g/mol. The highest BCUT2D eigenvalue weighted by molar-refractivity contribution is 5.87. The van der Waals surface area contributed by atoms with Gasteiger partial charge in [-0.05, 0) is 43.9 Å². The molecule has 0 spiro atoms. The summed E-state index contributed by atoms with van der Waals surface area (Å²) in [4.78, 5) is 14.3. The van der Waals surface area contributed by atoms with Gasteiger partial charge >= 0.3 is 0 Å². The maximum Gasteiger partial charge on any atom is 0.232 e. The highest BCUT2D eigenvalue weighted by Gasteiger charge is 2.32. The van der Waals surface area contributed by atoms with Gasteiger partial charge in [0, 0.05) is 19.6 Å². The molecule has 0 aliphatic rings. The van der Waals surface area contributed by atoms with E-state index >= 15 is 0 Å². The lowest BCUT2D eigenvalue weighted by Gasteiger charge is -2.31. The number of nitrogens with two attached hydrogens (primary N) is 1. The molecule has 0 aliphatic carbocycles. The Kier molecular flexibility index (Phi) is 5.90. The number of amides is 1. The normalized spacial score (nSPS) is 13.3. The van der Waals surface area contributed by atoms with E-state index in [4.69, 9.17) is 5.73 Å². The summed E-state index contributed by atoms with van der Waals surface area (Å²) in [5.41, 5.74) is 5.95. The molecule has 0 saturated heterocycles. The zero-order valence-electron chi connectivity index (χ0n) is 13.7. The van der Waals surface area contributed by atoms with Crippen molar-refractivity contribution in [1.82, 2.24) is 4.90 Å². The Bertz CT molecular complexity index is 485. The summed E-state index contributed by atoms with van der Waals surface area (Å²) in [6, 6.07) is 6.31. The quantitative estimate of drug-likeness (QED) is 0.877. The number of hydrogen-bond donors (Lipinski definition) is 1. The van der Waals surface area contributed by atoms with Crippen molar-refractivity contribution in [3.05, 3.63) is 35.6 Å². The topological polar surface area (TPSA) is 46.3 Å². The van der Waals surface area contributed by atoms with E-state index in [-0.39, 0.29) is 17.8 Å². The molecule has 1 amide bonds. The van der Waals surface area contributed by atoms with E-state index < -0.39 is 5.41 Å². The van der Waals surface area contributed by atoms with Crippen LogP contribution in [-0.4, -0.2) is 30.4 Å². The van der Waals surface area contributed by atoms with Crippen LogP contribution < -0.4 is 5.73 Å². The van der Waals surface area contributed by atoms with Gasteiger partial charge < -0.3 is 10.6 Å². The van der Waals surface area contributed by atoms with Crippen molar-refractivity contribution >= 4 is 5.91 Å². The number of carbonyl (C=O) groups is 1. The molecule has 2 N–H and O–H groups in total. The standard InChI is InChI=1S/C17H27FN2O/c1-12(2)15(19)9-10-20(5)16(21)17(3,4)13-7-6-8-14(18)11-13/h6-8,11-12,15H,9-10,19H2,1-5H3. The first-order valence-corrected chi connectivity index (χ1v) is 7.43. The number of halogens is 1. The molecule has 0 radical (unpaired) electrons. The molecular weight excluding hydrogens is 267 g/mol. The van der Waals surface area contributed by atoms with Crippen LogP contribution in [0.2, 0.25) is 0 Å². The molecule has 118 valence electrons. The van der Waals surface area contributed by atoms with Gasteiger partial charge in [-0.25, -0.2) is 4.39 Å². The maximum atomic E-state index is 13.4. The monoisotopic (exact) mass is 294 g/mol. The van der Waals surface area contributed by atoms with Crippen molar-refractivity contribution < 1.29 is 9.18 Å². The van der Waals surface area contributed by atoms with Crippen LogP contribution in [0.3, 0.4) is 0 Å². The Balaban J connectivity index is 2.76. The highest BCUT2D eigenvalue weighted by atomic mass is 19.1.